The molecule has 1 aromatic rings. The van der Waals surface area contributed by atoms with Gasteiger partial charge >= 0.3 is 0 Å². The van der Waals surface area contributed by atoms with E-state index in [-0.39, 0.29) is 0 Å². The van der Waals surface area contributed by atoms with Crippen molar-refractivity contribution in [3.8, 4) is 5.88 Å². The molecule has 17 heavy (non-hydrogen) atoms. The Kier molecular flexibility index (Phi) is 3.13. The van der Waals surface area contributed by atoms with E-state index < -0.39 is 0 Å². The Bertz CT molecular complexity index is 404. The second-order valence-electron chi connectivity index (χ2n) is 5.37. The molecule has 0 aliphatic heterocycles. The summed E-state index contributed by atoms with van der Waals surface area (Å²) in [6, 6.07) is 4.21. The molecule has 0 aromatic carbocycles. The number of rotatable bonds is 3. The first kappa shape index (κ1) is 12.0. The van der Waals surface area contributed by atoms with E-state index in [2.05, 4.69) is 24.1 Å². The Balaban J connectivity index is 2.13. The smallest absolute Gasteiger partial charge is 0.238 e. The number of nitrogen functional groups attached to an aromatic ring is 1. The van der Waals surface area contributed by atoms with Crippen molar-refractivity contribution in [1.82, 2.24) is 4.98 Å². The maximum absolute atomic E-state index is 5.75. The molecule has 0 saturated heterocycles. The van der Waals surface area contributed by atoms with Crippen LogP contribution in [-0.4, -0.2) is 18.1 Å². The maximum atomic E-state index is 5.75. The summed E-state index contributed by atoms with van der Waals surface area (Å²) in [7, 11) is 1.59. The molecule has 2 rings (SSSR count). The Morgan fingerprint density at radius 2 is 2.24 bits per heavy atom. The predicted octanol–water partition coefficient (Wildman–Crippen LogP) is 2.66. The van der Waals surface area contributed by atoms with Gasteiger partial charge in [-0.2, -0.15) is 4.98 Å². The maximum Gasteiger partial charge on any atom is 0.238 e. The monoisotopic (exact) mass is 235 g/mol. The second kappa shape index (κ2) is 4.43. The SMILES string of the molecule is COc1nc(NC2CCCC2(C)C)ccc1N. The largest absolute Gasteiger partial charge is 0.479 e. The van der Waals surface area contributed by atoms with Crippen LogP contribution in [-0.2, 0) is 0 Å². The standard InChI is InChI=1S/C13H21N3O/c1-13(2)8-4-5-10(13)15-11-7-6-9(14)12(16-11)17-3/h6-7,10H,4-5,8,14H2,1-3H3,(H,15,16). The number of nitrogens with zero attached hydrogens (tertiary/aromatic N) is 1. The van der Waals surface area contributed by atoms with Crippen molar-refractivity contribution in [2.75, 3.05) is 18.2 Å². The summed E-state index contributed by atoms with van der Waals surface area (Å²) in [6.45, 7) is 4.60. The molecule has 1 saturated carbocycles. The third-order valence-electron chi connectivity index (χ3n) is 3.66. The van der Waals surface area contributed by atoms with Gasteiger partial charge in [0.2, 0.25) is 5.88 Å². The Morgan fingerprint density at radius 3 is 2.82 bits per heavy atom. The first-order valence-electron chi connectivity index (χ1n) is 6.10. The minimum absolute atomic E-state index is 0.330. The van der Waals surface area contributed by atoms with Crippen LogP contribution in [0.3, 0.4) is 0 Å². The van der Waals surface area contributed by atoms with Crippen LogP contribution in [0.15, 0.2) is 12.1 Å². The Hall–Kier alpha value is -1.45. The number of methoxy groups -OCH3 is 1. The molecule has 1 heterocycles. The van der Waals surface area contributed by atoms with Crippen molar-refractivity contribution in [2.45, 2.75) is 39.2 Å². The first-order valence-corrected chi connectivity index (χ1v) is 6.10. The summed E-state index contributed by atoms with van der Waals surface area (Å²) >= 11 is 0. The van der Waals surface area contributed by atoms with Gasteiger partial charge in [0.1, 0.15) is 5.82 Å². The topological polar surface area (TPSA) is 60.2 Å². The summed E-state index contributed by atoms with van der Waals surface area (Å²) in [4.78, 5) is 4.36. The van der Waals surface area contributed by atoms with Crippen molar-refractivity contribution in [2.24, 2.45) is 5.41 Å². The van der Waals surface area contributed by atoms with E-state index in [1.165, 1.54) is 19.3 Å². The normalized spacial score (nSPS) is 22.4. The molecule has 1 atom stereocenters. The van der Waals surface area contributed by atoms with E-state index in [0.29, 0.717) is 23.0 Å². The molecule has 3 N–H and O–H groups in total. The minimum Gasteiger partial charge on any atom is -0.479 e. The van der Waals surface area contributed by atoms with E-state index in [9.17, 15) is 0 Å². The number of anilines is 2. The van der Waals surface area contributed by atoms with Crippen LogP contribution in [0.1, 0.15) is 33.1 Å². The molecule has 0 bridgehead atoms. The van der Waals surface area contributed by atoms with Gasteiger partial charge < -0.3 is 15.8 Å². The number of ether oxygens (including phenoxy) is 1. The van der Waals surface area contributed by atoms with Crippen LogP contribution in [0.4, 0.5) is 11.5 Å². The van der Waals surface area contributed by atoms with E-state index in [4.69, 9.17) is 10.5 Å². The highest BCUT2D eigenvalue weighted by atomic mass is 16.5. The quantitative estimate of drug-likeness (QED) is 0.845. The lowest BCUT2D eigenvalue weighted by Gasteiger charge is -2.28. The molecule has 1 fully saturated rings. The van der Waals surface area contributed by atoms with Crippen LogP contribution in [0.5, 0.6) is 5.88 Å². The van der Waals surface area contributed by atoms with Crippen LogP contribution >= 0.6 is 0 Å². The van der Waals surface area contributed by atoms with Gasteiger partial charge in [-0.25, -0.2) is 0 Å². The van der Waals surface area contributed by atoms with Gasteiger partial charge in [-0.3, -0.25) is 0 Å². The zero-order chi connectivity index (χ0) is 12.5. The number of hydrogen-bond donors (Lipinski definition) is 2. The molecule has 0 radical (unpaired) electrons. The van der Waals surface area contributed by atoms with E-state index in [1.807, 2.05) is 12.1 Å². The fraction of sp³-hybridized carbons (Fsp3) is 0.615. The average molecular weight is 235 g/mol. The van der Waals surface area contributed by atoms with Gasteiger partial charge in [0, 0.05) is 6.04 Å². The predicted molar refractivity (Wildman–Crippen MR) is 70.2 cm³/mol. The van der Waals surface area contributed by atoms with Gasteiger partial charge in [-0.15, -0.1) is 0 Å². The fourth-order valence-corrected chi connectivity index (χ4v) is 2.47. The molecule has 94 valence electrons. The molecular weight excluding hydrogens is 214 g/mol. The fourth-order valence-electron chi connectivity index (χ4n) is 2.47. The molecule has 0 spiro atoms. The summed E-state index contributed by atoms with van der Waals surface area (Å²) in [6.07, 6.45) is 3.73. The summed E-state index contributed by atoms with van der Waals surface area (Å²) in [5.74, 6) is 1.34. The van der Waals surface area contributed by atoms with Gasteiger partial charge in [0.25, 0.3) is 0 Å². The lowest BCUT2D eigenvalue weighted by molar-refractivity contribution is 0.348. The summed E-state index contributed by atoms with van der Waals surface area (Å²) in [5, 5.41) is 3.49. The molecule has 4 nitrogen and oxygen atoms in total. The van der Waals surface area contributed by atoms with Crippen LogP contribution in [0.2, 0.25) is 0 Å². The highest BCUT2D eigenvalue weighted by Crippen LogP contribution is 2.39. The van der Waals surface area contributed by atoms with Crippen molar-refractivity contribution in [3.63, 3.8) is 0 Å². The zero-order valence-electron chi connectivity index (χ0n) is 10.8. The van der Waals surface area contributed by atoms with Gasteiger partial charge in [0.05, 0.1) is 12.8 Å². The third-order valence-corrected chi connectivity index (χ3v) is 3.66. The van der Waals surface area contributed by atoms with Crippen molar-refractivity contribution in [1.29, 1.82) is 0 Å². The molecule has 1 aliphatic rings. The first-order chi connectivity index (χ1) is 8.03. The lowest BCUT2D eigenvalue weighted by atomic mass is 9.87. The molecule has 1 aliphatic carbocycles. The lowest BCUT2D eigenvalue weighted by Crippen LogP contribution is -2.31. The molecule has 1 unspecified atom stereocenters. The van der Waals surface area contributed by atoms with Crippen LogP contribution in [0.25, 0.3) is 0 Å². The van der Waals surface area contributed by atoms with E-state index in [1.54, 1.807) is 7.11 Å². The van der Waals surface area contributed by atoms with Crippen molar-refractivity contribution < 1.29 is 4.74 Å². The summed E-state index contributed by atoms with van der Waals surface area (Å²) < 4.78 is 5.13. The number of hydrogen-bond acceptors (Lipinski definition) is 4. The third kappa shape index (κ3) is 2.46. The minimum atomic E-state index is 0.330. The van der Waals surface area contributed by atoms with Crippen molar-refractivity contribution in [3.05, 3.63) is 12.1 Å². The highest BCUT2D eigenvalue weighted by Gasteiger charge is 2.34. The van der Waals surface area contributed by atoms with E-state index >= 15 is 0 Å². The molecule has 4 heteroatoms. The molecular formula is C13H21N3O. The number of pyridine rings is 1. The zero-order valence-corrected chi connectivity index (χ0v) is 10.8. The molecule has 1 aromatic heterocycles. The van der Waals surface area contributed by atoms with E-state index in [0.717, 1.165) is 5.82 Å². The number of aromatic nitrogens is 1. The highest BCUT2D eigenvalue weighted by molar-refractivity contribution is 5.53. The number of nitrogens with two attached hydrogens (primary N) is 1. The number of nitrogens with one attached hydrogen (secondary N) is 1. The summed E-state index contributed by atoms with van der Waals surface area (Å²) in [5.41, 5.74) is 6.65. The van der Waals surface area contributed by atoms with Crippen LogP contribution in [0, 0.1) is 5.41 Å². The van der Waals surface area contributed by atoms with Crippen molar-refractivity contribution >= 4 is 11.5 Å². The Labute approximate surface area is 103 Å². The van der Waals surface area contributed by atoms with Gasteiger partial charge in [-0.05, 0) is 30.4 Å². The van der Waals surface area contributed by atoms with Crippen LogP contribution < -0.4 is 15.8 Å². The molecule has 0 amide bonds. The second-order valence-corrected chi connectivity index (χ2v) is 5.37. The average Bonchev–Trinajstić information content (AvgIpc) is 2.61. The Morgan fingerprint density at radius 1 is 1.47 bits per heavy atom. The van der Waals surface area contributed by atoms with Gasteiger partial charge in [-0.1, -0.05) is 20.3 Å². The van der Waals surface area contributed by atoms with Gasteiger partial charge in [0.15, 0.2) is 0 Å².